The fourth-order valence-corrected chi connectivity index (χ4v) is 4.21. The highest BCUT2D eigenvalue weighted by atomic mass is 19.4. The van der Waals surface area contributed by atoms with E-state index in [9.17, 15) is 26.7 Å². The summed E-state index contributed by atoms with van der Waals surface area (Å²) in [6.45, 7) is 0.412. The molecule has 34 heavy (non-hydrogen) atoms. The van der Waals surface area contributed by atoms with Crippen LogP contribution in [0.3, 0.4) is 0 Å². The summed E-state index contributed by atoms with van der Waals surface area (Å²) < 4.78 is 71.8. The Balaban J connectivity index is 1.43. The quantitative estimate of drug-likeness (QED) is 0.309. The molecule has 174 valence electrons. The summed E-state index contributed by atoms with van der Waals surface area (Å²) in [5, 5.41) is 0. The Morgan fingerprint density at radius 2 is 1.76 bits per heavy atom. The number of hydrogen-bond acceptors (Lipinski definition) is 3. The van der Waals surface area contributed by atoms with Crippen LogP contribution in [0, 0.1) is 11.6 Å². The number of hydrogen-bond donors (Lipinski definition) is 0. The number of aromatic nitrogens is 1. The Hall–Kier alpha value is -3.75. The maximum absolute atomic E-state index is 14.2. The molecule has 1 atom stereocenters. The van der Waals surface area contributed by atoms with Gasteiger partial charge >= 0.3 is 6.18 Å². The number of benzene rings is 3. The van der Waals surface area contributed by atoms with Gasteiger partial charge in [0.25, 0.3) is 5.91 Å². The van der Waals surface area contributed by atoms with E-state index in [4.69, 9.17) is 4.42 Å². The van der Waals surface area contributed by atoms with Gasteiger partial charge in [-0.25, -0.2) is 13.8 Å². The molecule has 0 N–H and O–H groups in total. The van der Waals surface area contributed by atoms with Crippen molar-refractivity contribution in [3.8, 4) is 11.1 Å². The Morgan fingerprint density at radius 3 is 2.47 bits per heavy atom. The molecule has 0 saturated carbocycles. The molecule has 1 amide bonds. The fourth-order valence-electron chi connectivity index (χ4n) is 4.21. The summed E-state index contributed by atoms with van der Waals surface area (Å²) in [7, 11) is 0. The Kier molecular flexibility index (Phi) is 5.34. The minimum Gasteiger partial charge on any atom is -0.438 e. The van der Waals surface area contributed by atoms with E-state index < -0.39 is 35.3 Å². The third-order valence-corrected chi connectivity index (χ3v) is 5.90. The highest BCUT2D eigenvalue weighted by Gasteiger charge is 2.35. The first-order valence-corrected chi connectivity index (χ1v) is 10.5. The average Bonchev–Trinajstić information content (AvgIpc) is 3.44. The minimum absolute atomic E-state index is 0.144. The number of oxazole rings is 1. The van der Waals surface area contributed by atoms with Crippen molar-refractivity contribution in [3.63, 3.8) is 0 Å². The third-order valence-electron chi connectivity index (χ3n) is 5.90. The molecular formula is C25H17F5N2O2. The van der Waals surface area contributed by atoms with Crippen LogP contribution in [-0.4, -0.2) is 22.3 Å². The summed E-state index contributed by atoms with van der Waals surface area (Å²) in [5.74, 6) is -1.49. The van der Waals surface area contributed by atoms with Crippen LogP contribution in [0.1, 0.15) is 40.7 Å². The van der Waals surface area contributed by atoms with Gasteiger partial charge in [0.05, 0.1) is 5.56 Å². The molecule has 4 aromatic rings. The summed E-state index contributed by atoms with van der Waals surface area (Å²) in [5.41, 5.74) is 0.918. The number of nitrogens with zero attached hydrogens (tertiary/aromatic N) is 2. The molecule has 0 aliphatic carbocycles. The molecule has 1 aliphatic rings. The monoisotopic (exact) mass is 472 g/mol. The molecule has 3 aromatic carbocycles. The van der Waals surface area contributed by atoms with Gasteiger partial charge in [-0.2, -0.15) is 13.2 Å². The van der Waals surface area contributed by atoms with Gasteiger partial charge in [-0.15, -0.1) is 0 Å². The predicted octanol–water partition coefficient (Wildman–Crippen LogP) is 6.77. The van der Waals surface area contributed by atoms with Gasteiger partial charge in [0.2, 0.25) is 5.89 Å². The van der Waals surface area contributed by atoms with E-state index in [1.807, 2.05) is 0 Å². The molecule has 1 aromatic heterocycles. The lowest BCUT2D eigenvalue weighted by atomic mass is 10.0. The molecule has 1 saturated heterocycles. The van der Waals surface area contributed by atoms with Gasteiger partial charge in [0.15, 0.2) is 5.58 Å². The van der Waals surface area contributed by atoms with Crippen LogP contribution < -0.4 is 0 Å². The Labute approximate surface area is 190 Å². The summed E-state index contributed by atoms with van der Waals surface area (Å²) in [4.78, 5) is 19.0. The van der Waals surface area contributed by atoms with E-state index in [2.05, 4.69) is 4.98 Å². The lowest BCUT2D eigenvalue weighted by Gasteiger charge is -2.22. The van der Waals surface area contributed by atoms with Crippen LogP contribution in [-0.2, 0) is 6.18 Å². The van der Waals surface area contributed by atoms with Crippen molar-refractivity contribution < 1.29 is 31.2 Å². The Morgan fingerprint density at radius 1 is 1.00 bits per heavy atom. The molecule has 0 bridgehead atoms. The minimum atomic E-state index is -4.48. The second kappa shape index (κ2) is 8.23. The van der Waals surface area contributed by atoms with E-state index in [0.29, 0.717) is 41.9 Å². The zero-order valence-electron chi connectivity index (χ0n) is 17.6. The van der Waals surface area contributed by atoms with E-state index in [1.165, 1.54) is 17.0 Å². The molecular weight excluding hydrogens is 455 g/mol. The number of carbonyl (C=O) groups is 1. The van der Waals surface area contributed by atoms with Crippen molar-refractivity contribution in [1.82, 2.24) is 9.88 Å². The lowest BCUT2D eigenvalue weighted by molar-refractivity contribution is -0.137. The van der Waals surface area contributed by atoms with Gasteiger partial charge in [-0.05, 0) is 66.9 Å². The summed E-state index contributed by atoms with van der Waals surface area (Å²) >= 11 is 0. The second-order valence-corrected chi connectivity index (χ2v) is 8.09. The largest absolute Gasteiger partial charge is 0.438 e. The third kappa shape index (κ3) is 4.02. The first kappa shape index (κ1) is 22.1. The fraction of sp³-hybridized carbons (Fsp3) is 0.200. The highest BCUT2D eigenvalue weighted by molar-refractivity contribution is 5.94. The van der Waals surface area contributed by atoms with Crippen LogP contribution in [0.4, 0.5) is 22.0 Å². The number of likely N-dealkylation sites (tertiary alicyclic amines) is 1. The molecule has 1 fully saturated rings. The molecule has 9 heteroatoms. The van der Waals surface area contributed by atoms with Gasteiger partial charge < -0.3 is 9.32 Å². The number of alkyl halides is 3. The predicted molar refractivity (Wildman–Crippen MR) is 114 cm³/mol. The van der Waals surface area contributed by atoms with Gasteiger partial charge in [0.1, 0.15) is 23.2 Å². The van der Waals surface area contributed by atoms with Crippen LogP contribution in [0.15, 0.2) is 65.1 Å². The van der Waals surface area contributed by atoms with Crippen LogP contribution in [0.25, 0.3) is 22.2 Å². The SMILES string of the molecule is O=C(c1ccc(C(F)(F)F)cc1)N1CCC[C@@H]1c1nc2cc(-c3ccc(F)cc3F)ccc2o1. The zero-order valence-corrected chi connectivity index (χ0v) is 17.6. The summed E-state index contributed by atoms with van der Waals surface area (Å²) in [6, 6.07) is 11.8. The second-order valence-electron chi connectivity index (χ2n) is 8.09. The van der Waals surface area contributed by atoms with Crippen LogP contribution in [0.2, 0.25) is 0 Å². The average molecular weight is 472 g/mol. The van der Waals surface area contributed by atoms with E-state index in [0.717, 1.165) is 30.3 Å². The molecule has 1 aliphatic heterocycles. The van der Waals surface area contributed by atoms with Gasteiger partial charge in [0, 0.05) is 23.7 Å². The van der Waals surface area contributed by atoms with E-state index in [-0.39, 0.29) is 11.1 Å². The van der Waals surface area contributed by atoms with Crippen LogP contribution in [0.5, 0.6) is 0 Å². The van der Waals surface area contributed by atoms with Crippen molar-refractivity contribution in [2.24, 2.45) is 0 Å². The van der Waals surface area contributed by atoms with Gasteiger partial charge in [-0.1, -0.05) is 6.07 Å². The first-order valence-electron chi connectivity index (χ1n) is 10.5. The lowest BCUT2D eigenvalue weighted by Crippen LogP contribution is -2.30. The standard InChI is InChI=1S/C25H17F5N2O2/c26-17-8-9-18(19(27)13-17)15-5-10-22-20(12-15)31-23(34-22)21-2-1-11-32(21)24(33)14-3-6-16(7-4-14)25(28,29)30/h3-10,12-13,21H,1-2,11H2/t21-/m1/s1. The van der Waals surface area contributed by atoms with Crippen molar-refractivity contribution in [3.05, 3.63) is 89.3 Å². The maximum Gasteiger partial charge on any atom is 0.416 e. The zero-order chi connectivity index (χ0) is 24.0. The molecule has 2 heterocycles. The summed E-state index contributed by atoms with van der Waals surface area (Å²) in [6.07, 6.45) is -3.22. The molecule has 0 spiro atoms. The number of rotatable bonds is 3. The number of amides is 1. The smallest absolute Gasteiger partial charge is 0.416 e. The molecule has 4 nitrogen and oxygen atoms in total. The molecule has 5 rings (SSSR count). The molecule has 0 radical (unpaired) electrons. The van der Waals surface area contributed by atoms with Crippen molar-refractivity contribution in [2.45, 2.75) is 25.1 Å². The first-order chi connectivity index (χ1) is 16.2. The highest BCUT2D eigenvalue weighted by Crippen LogP contribution is 2.36. The van der Waals surface area contributed by atoms with Crippen LogP contribution >= 0.6 is 0 Å². The van der Waals surface area contributed by atoms with Crippen molar-refractivity contribution in [1.29, 1.82) is 0 Å². The number of carbonyl (C=O) groups excluding carboxylic acids is 1. The van der Waals surface area contributed by atoms with E-state index in [1.54, 1.807) is 18.2 Å². The maximum atomic E-state index is 14.2. The number of halogens is 5. The van der Waals surface area contributed by atoms with E-state index >= 15 is 0 Å². The normalized spacial score (nSPS) is 16.4. The van der Waals surface area contributed by atoms with Gasteiger partial charge in [-0.3, -0.25) is 4.79 Å². The Bertz CT molecular complexity index is 1380. The van der Waals surface area contributed by atoms with Crippen molar-refractivity contribution >= 4 is 17.0 Å². The molecule has 0 unspecified atom stereocenters. The van der Waals surface area contributed by atoms with Crippen molar-refractivity contribution in [2.75, 3.05) is 6.54 Å². The topological polar surface area (TPSA) is 46.3 Å². The number of fused-ring (bicyclic) bond motifs is 1.